The molecule has 27 heavy (non-hydrogen) atoms. The molecular weight excluding hydrogens is 344 g/mol. The van der Waals surface area contributed by atoms with E-state index in [1.807, 2.05) is 24.0 Å². The average Bonchev–Trinajstić information content (AvgIpc) is 3.47. The Morgan fingerprint density at radius 1 is 1.19 bits per heavy atom. The van der Waals surface area contributed by atoms with Crippen LogP contribution in [0.2, 0.25) is 0 Å². The maximum Gasteiger partial charge on any atom is 0.317 e. The topological polar surface area (TPSA) is 60.0 Å². The molecule has 1 aromatic rings. The molecule has 2 atom stereocenters. The van der Waals surface area contributed by atoms with E-state index >= 15 is 0 Å². The minimum atomic E-state index is -0.0856. The van der Waals surface area contributed by atoms with Crippen molar-refractivity contribution in [1.82, 2.24) is 10.2 Å². The minimum Gasteiger partial charge on any atom is -0.494 e. The van der Waals surface area contributed by atoms with Gasteiger partial charge in [0.15, 0.2) is 0 Å². The Morgan fingerprint density at radius 2 is 1.96 bits per heavy atom. The molecule has 2 saturated heterocycles. The van der Waals surface area contributed by atoms with Gasteiger partial charge in [0.2, 0.25) is 0 Å². The number of benzene rings is 1. The van der Waals surface area contributed by atoms with E-state index in [0.717, 1.165) is 51.2 Å². The lowest BCUT2D eigenvalue weighted by Gasteiger charge is -2.35. The predicted octanol–water partition coefficient (Wildman–Crippen LogP) is 2.92. The van der Waals surface area contributed by atoms with Crippen LogP contribution in [-0.2, 0) is 9.47 Å². The summed E-state index contributed by atoms with van der Waals surface area (Å²) in [5.74, 6) is 1.31. The van der Waals surface area contributed by atoms with Gasteiger partial charge < -0.3 is 24.4 Å². The summed E-state index contributed by atoms with van der Waals surface area (Å²) in [6, 6.07) is 8.51. The van der Waals surface area contributed by atoms with E-state index in [0.29, 0.717) is 25.7 Å². The van der Waals surface area contributed by atoms with Crippen LogP contribution in [0.5, 0.6) is 5.75 Å². The molecule has 6 heteroatoms. The number of carbonyl (C=O) groups is 1. The van der Waals surface area contributed by atoms with Crippen molar-refractivity contribution >= 4 is 6.03 Å². The van der Waals surface area contributed by atoms with Gasteiger partial charge in [-0.2, -0.15) is 0 Å². The predicted molar refractivity (Wildman–Crippen MR) is 102 cm³/mol. The van der Waals surface area contributed by atoms with Crippen molar-refractivity contribution < 1.29 is 19.0 Å². The lowest BCUT2D eigenvalue weighted by molar-refractivity contribution is -0.105. The van der Waals surface area contributed by atoms with E-state index in [4.69, 9.17) is 14.2 Å². The summed E-state index contributed by atoms with van der Waals surface area (Å²) in [6.07, 6.45) is 3.78. The van der Waals surface area contributed by atoms with Crippen LogP contribution in [0.15, 0.2) is 24.3 Å². The second kappa shape index (κ2) is 8.07. The molecule has 1 aliphatic carbocycles. The molecule has 0 aromatic heterocycles. The molecule has 0 unspecified atom stereocenters. The van der Waals surface area contributed by atoms with Crippen LogP contribution >= 0.6 is 0 Å². The molecule has 2 heterocycles. The molecule has 1 N–H and O–H groups in total. The normalized spacial score (nSPS) is 27.1. The van der Waals surface area contributed by atoms with Gasteiger partial charge in [-0.1, -0.05) is 12.1 Å². The smallest absolute Gasteiger partial charge is 0.317 e. The molecule has 0 bridgehead atoms. The van der Waals surface area contributed by atoms with Gasteiger partial charge >= 0.3 is 6.03 Å². The first-order chi connectivity index (χ1) is 13.2. The fourth-order valence-electron chi connectivity index (χ4n) is 4.19. The number of rotatable bonds is 4. The molecule has 1 saturated carbocycles. The number of ether oxygens (including phenoxy) is 3. The monoisotopic (exact) mass is 374 g/mol. The number of urea groups is 1. The maximum atomic E-state index is 12.7. The van der Waals surface area contributed by atoms with Gasteiger partial charge in [0.25, 0.3) is 0 Å². The van der Waals surface area contributed by atoms with Crippen molar-refractivity contribution in [2.24, 2.45) is 0 Å². The summed E-state index contributed by atoms with van der Waals surface area (Å²) in [4.78, 5) is 14.6. The molecule has 148 valence electrons. The first-order valence-corrected chi connectivity index (χ1v) is 10.2. The summed E-state index contributed by atoms with van der Waals surface area (Å²) in [5.41, 5.74) is 1.18. The van der Waals surface area contributed by atoms with Crippen molar-refractivity contribution in [2.45, 2.75) is 50.2 Å². The SMILES string of the molecule is CCOc1ccc([C@@H]2C[C@H]2NC(=O)N2CCOC3(CCOCC3)CC2)cc1. The number of carbonyl (C=O) groups excluding carboxylic acids is 1. The quantitative estimate of drug-likeness (QED) is 0.880. The zero-order chi connectivity index (χ0) is 18.7. The van der Waals surface area contributed by atoms with E-state index in [1.165, 1.54) is 5.56 Å². The second-order valence-corrected chi connectivity index (χ2v) is 7.78. The van der Waals surface area contributed by atoms with Crippen molar-refractivity contribution in [3.8, 4) is 5.75 Å². The molecule has 4 rings (SSSR count). The van der Waals surface area contributed by atoms with Crippen LogP contribution in [0.3, 0.4) is 0 Å². The first kappa shape index (κ1) is 18.6. The van der Waals surface area contributed by atoms with Crippen LogP contribution in [0.4, 0.5) is 4.79 Å². The standard InChI is InChI=1S/C21H30N2O4/c1-2-26-17-5-3-16(4-6-17)18-15-19(18)22-20(24)23-10-7-21(27-14-11-23)8-12-25-13-9-21/h3-6,18-19H,2,7-15H2,1H3,(H,22,24)/t18-,19+/m0/s1. The lowest BCUT2D eigenvalue weighted by atomic mass is 9.90. The number of hydrogen-bond acceptors (Lipinski definition) is 4. The van der Waals surface area contributed by atoms with Gasteiger partial charge in [-0.15, -0.1) is 0 Å². The Labute approximate surface area is 161 Å². The van der Waals surface area contributed by atoms with Gasteiger partial charge in [0.05, 0.1) is 18.8 Å². The van der Waals surface area contributed by atoms with Crippen molar-refractivity contribution in [2.75, 3.05) is 39.5 Å². The Balaban J connectivity index is 1.27. The van der Waals surface area contributed by atoms with E-state index in [2.05, 4.69) is 17.4 Å². The summed E-state index contributed by atoms with van der Waals surface area (Å²) in [7, 11) is 0. The number of hydrogen-bond donors (Lipinski definition) is 1. The van der Waals surface area contributed by atoms with Gasteiger partial charge in [-0.05, 0) is 50.3 Å². The van der Waals surface area contributed by atoms with Crippen LogP contribution < -0.4 is 10.1 Å². The summed E-state index contributed by atoms with van der Waals surface area (Å²) < 4.78 is 17.1. The Morgan fingerprint density at radius 3 is 2.70 bits per heavy atom. The third-order valence-electron chi connectivity index (χ3n) is 6.02. The van der Waals surface area contributed by atoms with E-state index in [9.17, 15) is 4.79 Å². The first-order valence-electron chi connectivity index (χ1n) is 10.2. The van der Waals surface area contributed by atoms with E-state index in [1.54, 1.807) is 0 Å². The van der Waals surface area contributed by atoms with Gasteiger partial charge in [0.1, 0.15) is 5.75 Å². The second-order valence-electron chi connectivity index (χ2n) is 7.78. The molecule has 6 nitrogen and oxygen atoms in total. The molecule has 0 radical (unpaired) electrons. The van der Waals surface area contributed by atoms with Crippen molar-refractivity contribution in [3.05, 3.63) is 29.8 Å². The lowest BCUT2D eigenvalue weighted by Crippen LogP contribution is -2.43. The number of nitrogens with zero attached hydrogens (tertiary/aromatic N) is 1. The minimum absolute atomic E-state index is 0.0427. The molecule has 1 spiro atoms. The number of amides is 2. The highest BCUT2D eigenvalue weighted by Crippen LogP contribution is 2.41. The van der Waals surface area contributed by atoms with Crippen LogP contribution in [-0.4, -0.2) is 62.1 Å². The summed E-state index contributed by atoms with van der Waals surface area (Å²) in [5, 5.41) is 3.21. The Kier molecular flexibility index (Phi) is 5.55. The average molecular weight is 374 g/mol. The van der Waals surface area contributed by atoms with E-state index < -0.39 is 0 Å². The zero-order valence-electron chi connectivity index (χ0n) is 16.1. The fraction of sp³-hybridized carbons (Fsp3) is 0.667. The summed E-state index contributed by atoms with van der Waals surface area (Å²) >= 11 is 0. The molecule has 2 amide bonds. The highest BCUT2D eigenvalue weighted by molar-refractivity contribution is 5.75. The molecule has 1 aromatic carbocycles. The fourth-order valence-corrected chi connectivity index (χ4v) is 4.19. The van der Waals surface area contributed by atoms with Gasteiger partial charge in [-0.3, -0.25) is 0 Å². The third-order valence-corrected chi connectivity index (χ3v) is 6.02. The molecule has 2 aliphatic heterocycles. The maximum absolute atomic E-state index is 12.7. The Bertz CT molecular complexity index is 642. The van der Waals surface area contributed by atoms with Crippen LogP contribution in [0.25, 0.3) is 0 Å². The van der Waals surface area contributed by atoms with Crippen LogP contribution in [0.1, 0.15) is 44.1 Å². The largest absolute Gasteiger partial charge is 0.494 e. The van der Waals surface area contributed by atoms with Crippen LogP contribution in [0, 0.1) is 0 Å². The molecular formula is C21H30N2O4. The highest BCUT2D eigenvalue weighted by Gasteiger charge is 2.41. The van der Waals surface area contributed by atoms with Crippen molar-refractivity contribution in [1.29, 1.82) is 0 Å². The third kappa shape index (κ3) is 4.38. The number of nitrogens with one attached hydrogen (secondary N) is 1. The van der Waals surface area contributed by atoms with Gasteiger partial charge in [0, 0.05) is 38.3 Å². The Hall–Kier alpha value is -1.79. The molecule has 3 aliphatic rings. The van der Waals surface area contributed by atoms with E-state index in [-0.39, 0.29) is 17.7 Å². The van der Waals surface area contributed by atoms with Gasteiger partial charge in [-0.25, -0.2) is 4.79 Å². The zero-order valence-corrected chi connectivity index (χ0v) is 16.1. The highest BCUT2D eigenvalue weighted by atomic mass is 16.5. The summed E-state index contributed by atoms with van der Waals surface area (Å²) in [6.45, 7) is 6.21. The molecule has 3 fully saturated rings. The van der Waals surface area contributed by atoms with Crippen molar-refractivity contribution in [3.63, 3.8) is 0 Å².